The van der Waals surface area contributed by atoms with Gasteiger partial charge in [0.2, 0.25) is 0 Å². The zero-order valence-corrected chi connectivity index (χ0v) is 21.8. The minimum atomic E-state index is -0.794. The second kappa shape index (κ2) is 13.7. The van der Waals surface area contributed by atoms with E-state index in [9.17, 15) is 14.7 Å². The van der Waals surface area contributed by atoms with Crippen molar-refractivity contribution in [2.24, 2.45) is 5.41 Å². The second-order valence-corrected chi connectivity index (χ2v) is 10.8. The van der Waals surface area contributed by atoms with Crippen LogP contribution in [0.15, 0.2) is 18.2 Å². The average Bonchev–Trinajstić information content (AvgIpc) is 2.71. The number of esters is 2. The van der Waals surface area contributed by atoms with Gasteiger partial charge in [-0.25, -0.2) is 0 Å². The molecule has 1 unspecified atom stereocenters. The number of unbranched alkanes of at least 4 members (excludes halogenated alkanes) is 6. The smallest absolute Gasteiger partial charge is 0.316 e. The van der Waals surface area contributed by atoms with Crippen molar-refractivity contribution in [3.05, 3.63) is 23.8 Å². The third-order valence-electron chi connectivity index (χ3n) is 5.20. The molecule has 188 valence electrons. The van der Waals surface area contributed by atoms with Gasteiger partial charge in [0.1, 0.15) is 0 Å². The zero-order valence-electron chi connectivity index (χ0n) is 21.8. The summed E-state index contributed by atoms with van der Waals surface area (Å²) < 4.78 is 11.1. The molecule has 0 fully saturated rings. The fourth-order valence-electron chi connectivity index (χ4n) is 3.07. The monoisotopic (exact) mass is 463 g/mol. The minimum Gasteiger partial charge on any atom is -0.423 e. The predicted octanol–water partition coefficient (Wildman–Crippen LogP) is 6.11. The van der Waals surface area contributed by atoms with Gasteiger partial charge in [-0.15, -0.1) is 0 Å². The maximum Gasteiger partial charge on any atom is 0.316 e. The van der Waals surface area contributed by atoms with Gasteiger partial charge in [-0.2, -0.15) is 0 Å². The number of aliphatic hydroxyl groups is 1. The first-order chi connectivity index (χ1) is 15.3. The number of nitrogens with one attached hydrogen (secondary N) is 1. The normalized spacial score (nSPS) is 13.0. The van der Waals surface area contributed by atoms with E-state index in [1.807, 2.05) is 20.8 Å². The van der Waals surface area contributed by atoms with E-state index in [2.05, 4.69) is 12.2 Å². The number of hydrogen-bond acceptors (Lipinski definition) is 6. The number of β-amino-alcohol motifs (C(OH)–C–C–N with tert-alkyl or cyclic N) is 1. The van der Waals surface area contributed by atoms with Crippen molar-refractivity contribution in [3.8, 4) is 11.5 Å². The number of hydrogen-bond donors (Lipinski definition) is 2. The van der Waals surface area contributed by atoms with E-state index < -0.39 is 17.5 Å². The molecule has 0 aromatic heterocycles. The Bertz CT molecular complexity index is 746. The third-order valence-corrected chi connectivity index (χ3v) is 5.20. The van der Waals surface area contributed by atoms with Gasteiger partial charge in [0.05, 0.1) is 11.5 Å². The Morgan fingerprint density at radius 1 is 0.909 bits per heavy atom. The lowest BCUT2D eigenvalue weighted by atomic mass is 9.97. The Morgan fingerprint density at radius 2 is 1.52 bits per heavy atom. The molecular formula is C27H45NO5. The Morgan fingerprint density at radius 3 is 2.09 bits per heavy atom. The van der Waals surface area contributed by atoms with Crippen LogP contribution in [-0.2, 0) is 9.59 Å². The molecule has 0 heterocycles. The van der Waals surface area contributed by atoms with Crippen LogP contribution in [0.5, 0.6) is 11.5 Å². The molecule has 0 saturated carbocycles. The second-order valence-electron chi connectivity index (χ2n) is 10.8. The van der Waals surface area contributed by atoms with E-state index >= 15 is 0 Å². The van der Waals surface area contributed by atoms with E-state index in [4.69, 9.17) is 9.47 Å². The summed E-state index contributed by atoms with van der Waals surface area (Å²) in [5.41, 5.74) is -0.260. The van der Waals surface area contributed by atoms with Gasteiger partial charge in [0, 0.05) is 18.5 Å². The summed E-state index contributed by atoms with van der Waals surface area (Å²) in [6.07, 6.45) is 7.28. The Hall–Kier alpha value is -1.92. The molecular weight excluding hydrogens is 418 g/mol. The fourth-order valence-corrected chi connectivity index (χ4v) is 3.07. The molecule has 0 bridgehead atoms. The topological polar surface area (TPSA) is 84.9 Å². The van der Waals surface area contributed by atoms with Crippen LogP contribution in [0.1, 0.15) is 112 Å². The maximum absolute atomic E-state index is 12.5. The van der Waals surface area contributed by atoms with E-state index in [1.54, 1.807) is 39.0 Å². The van der Waals surface area contributed by atoms with E-state index in [1.165, 1.54) is 25.7 Å². The van der Waals surface area contributed by atoms with Gasteiger partial charge >= 0.3 is 11.9 Å². The molecule has 0 amide bonds. The van der Waals surface area contributed by atoms with E-state index in [0.717, 1.165) is 19.3 Å². The lowest BCUT2D eigenvalue weighted by molar-refractivity contribution is -0.143. The number of aliphatic hydroxyl groups excluding tert-OH is 1. The number of benzene rings is 1. The van der Waals surface area contributed by atoms with Crippen molar-refractivity contribution >= 4 is 11.9 Å². The van der Waals surface area contributed by atoms with Crippen LogP contribution in [0.3, 0.4) is 0 Å². The standard InChI is InChI=1S/C27H45NO5/c1-8-9-10-11-12-13-14-15-24(30)32-23-18-20(21(29)19-28-27(5,6)7)16-17-22(23)33-25(31)26(2,3)4/h16-18,21,28-29H,8-15,19H2,1-7H3. The van der Waals surface area contributed by atoms with Crippen LogP contribution >= 0.6 is 0 Å². The minimum absolute atomic E-state index is 0.144. The van der Waals surface area contributed by atoms with Crippen LogP contribution in [0.4, 0.5) is 0 Å². The summed E-state index contributed by atoms with van der Waals surface area (Å²) >= 11 is 0. The molecule has 0 radical (unpaired) electrons. The van der Waals surface area contributed by atoms with Crippen LogP contribution in [0.2, 0.25) is 0 Å². The van der Waals surface area contributed by atoms with Crippen molar-refractivity contribution in [3.63, 3.8) is 0 Å². The molecule has 6 heteroatoms. The Balaban J connectivity index is 2.85. The van der Waals surface area contributed by atoms with Crippen molar-refractivity contribution < 1.29 is 24.2 Å². The maximum atomic E-state index is 12.5. The molecule has 1 atom stereocenters. The van der Waals surface area contributed by atoms with Gasteiger partial charge in [0.15, 0.2) is 11.5 Å². The van der Waals surface area contributed by atoms with Gasteiger partial charge in [-0.05, 0) is 65.7 Å². The van der Waals surface area contributed by atoms with Gasteiger partial charge < -0.3 is 19.9 Å². The SMILES string of the molecule is CCCCCCCCCC(=O)Oc1cc(C(O)CNC(C)(C)C)ccc1OC(=O)C(C)(C)C. The summed E-state index contributed by atoms with van der Waals surface area (Å²) in [5, 5.41) is 13.9. The first-order valence-electron chi connectivity index (χ1n) is 12.3. The first-order valence-corrected chi connectivity index (χ1v) is 12.3. The quantitative estimate of drug-likeness (QED) is 0.209. The molecule has 0 saturated heterocycles. The van der Waals surface area contributed by atoms with Crippen molar-refractivity contribution in [1.29, 1.82) is 0 Å². The van der Waals surface area contributed by atoms with Crippen LogP contribution in [0, 0.1) is 5.41 Å². The predicted molar refractivity (Wildman–Crippen MR) is 132 cm³/mol. The molecule has 1 rings (SSSR count). The molecule has 1 aromatic carbocycles. The van der Waals surface area contributed by atoms with Crippen molar-refractivity contribution in [2.75, 3.05) is 6.54 Å². The molecule has 33 heavy (non-hydrogen) atoms. The molecule has 2 N–H and O–H groups in total. The lowest BCUT2D eigenvalue weighted by Crippen LogP contribution is -2.38. The molecule has 6 nitrogen and oxygen atoms in total. The molecule has 0 aliphatic carbocycles. The highest BCUT2D eigenvalue weighted by Gasteiger charge is 2.26. The fraction of sp³-hybridized carbons (Fsp3) is 0.704. The molecule has 0 spiro atoms. The number of carbonyl (C=O) groups excluding carboxylic acids is 2. The van der Waals surface area contributed by atoms with E-state index in [-0.39, 0.29) is 23.0 Å². The lowest BCUT2D eigenvalue weighted by Gasteiger charge is -2.23. The highest BCUT2D eigenvalue weighted by molar-refractivity contribution is 5.79. The Kier molecular flexibility index (Phi) is 12.1. The summed E-state index contributed by atoms with van der Waals surface area (Å²) in [5.74, 6) is -0.443. The molecule has 0 aliphatic rings. The number of carbonyl (C=O) groups is 2. The van der Waals surface area contributed by atoms with Crippen molar-refractivity contribution in [1.82, 2.24) is 5.32 Å². The van der Waals surface area contributed by atoms with Crippen LogP contribution in [0.25, 0.3) is 0 Å². The average molecular weight is 464 g/mol. The van der Waals surface area contributed by atoms with Gasteiger partial charge in [-0.1, -0.05) is 51.5 Å². The summed E-state index contributed by atoms with van der Waals surface area (Å²) in [6, 6.07) is 4.85. The first kappa shape index (κ1) is 29.1. The molecule has 1 aromatic rings. The number of rotatable bonds is 13. The summed E-state index contributed by atoms with van der Waals surface area (Å²) in [6.45, 7) is 13.9. The van der Waals surface area contributed by atoms with Crippen molar-refractivity contribution in [2.45, 2.75) is 111 Å². The third kappa shape index (κ3) is 12.2. The van der Waals surface area contributed by atoms with Gasteiger partial charge in [-0.3, -0.25) is 9.59 Å². The summed E-state index contributed by atoms with van der Waals surface area (Å²) in [4.78, 5) is 24.9. The Labute approximate surface area is 200 Å². The van der Waals surface area contributed by atoms with Crippen LogP contribution < -0.4 is 14.8 Å². The van der Waals surface area contributed by atoms with E-state index in [0.29, 0.717) is 18.5 Å². The number of ether oxygens (including phenoxy) is 2. The highest BCUT2D eigenvalue weighted by Crippen LogP contribution is 2.33. The van der Waals surface area contributed by atoms with Crippen LogP contribution in [-0.4, -0.2) is 29.1 Å². The highest BCUT2D eigenvalue weighted by atomic mass is 16.6. The van der Waals surface area contributed by atoms with Gasteiger partial charge in [0.25, 0.3) is 0 Å². The summed E-state index contributed by atoms with van der Waals surface area (Å²) in [7, 11) is 0. The zero-order chi connectivity index (χ0) is 25.1. The largest absolute Gasteiger partial charge is 0.423 e. The molecule has 0 aliphatic heterocycles.